The molecule has 0 unspecified atom stereocenters. The highest BCUT2D eigenvalue weighted by Crippen LogP contribution is 2.40. The van der Waals surface area contributed by atoms with Crippen molar-refractivity contribution < 1.29 is 23.9 Å². The third kappa shape index (κ3) is 6.63. The molecule has 9 heteroatoms. The lowest BCUT2D eigenvalue weighted by Crippen LogP contribution is -2.38. The van der Waals surface area contributed by atoms with Crippen LogP contribution in [0.4, 0.5) is 5.13 Å². The molecule has 3 aromatic carbocycles. The zero-order chi connectivity index (χ0) is 29.3. The first-order chi connectivity index (χ1) is 19.8. The highest BCUT2D eigenvalue weighted by molar-refractivity contribution is 7.14. The molecule has 4 aromatic rings. The summed E-state index contributed by atoms with van der Waals surface area (Å²) in [4.78, 5) is 35.5. The summed E-state index contributed by atoms with van der Waals surface area (Å²) in [5.41, 5.74) is 0.891. The Morgan fingerprint density at radius 2 is 1.29 bits per heavy atom. The van der Waals surface area contributed by atoms with E-state index in [2.05, 4.69) is 46.9 Å². The van der Waals surface area contributed by atoms with Gasteiger partial charge in [0.25, 0.3) is 0 Å². The third-order valence-electron chi connectivity index (χ3n) is 6.26. The predicted octanol–water partition coefficient (Wildman–Crippen LogP) is 6.17. The minimum Gasteiger partial charge on any atom is -0.463 e. The average Bonchev–Trinajstić information content (AvgIpc) is 3.45. The van der Waals surface area contributed by atoms with E-state index in [0.717, 1.165) is 16.7 Å². The molecule has 8 nitrogen and oxygen atoms in total. The van der Waals surface area contributed by atoms with E-state index in [9.17, 15) is 9.59 Å². The van der Waals surface area contributed by atoms with Gasteiger partial charge in [0.2, 0.25) is 11.3 Å². The number of aromatic nitrogens is 1. The number of nitrogens with zero attached hydrogens (tertiary/aromatic N) is 2. The standard InChI is InChI=1S/C32H33N3O5S/c1-5-38-28(36)27(35-40-31(3,4)29(37)39-6-2)26-22-41-30(33-26)34-32(23-16-10-7-11-17-23,24-18-12-8-13-19-24)25-20-14-9-15-21-25/h7-22H,5-6H2,1-4H3,(H,33,34). The quantitative estimate of drug-likeness (QED) is 0.0939. The lowest BCUT2D eigenvalue weighted by atomic mass is 9.77. The molecule has 0 spiro atoms. The molecule has 1 heterocycles. The Kier molecular flexibility index (Phi) is 9.52. The molecule has 0 radical (unpaired) electrons. The number of nitrogens with one attached hydrogen (secondary N) is 1. The van der Waals surface area contributed by atoms with Crippen molar-refractivity contribution in [2.24, 2.45) is 5.16 Å². The Hall–Kier alpha value is -4.50. The van der Waals surface area contributed by atoms with Crippen LogP contribution in [0.5, 0.6) is 0 Å². The SMILES string of the molecule is CCOC(=O)C(=NOC(C)(C)C(=O)OCC)c1csc(NC(c2ccccc2)(c2ccccc2)c2ccccc2)n1. The van der Waals surface area contributed by atoms with E-state index in [1.165, 1.54) is 25.2 Å². The zero-order valence-electron chi connectivity index (χ0n) is 23.5. The predicted molar refractivity (Wildman–Crippen MR) is 160 cm³/mol. The number of esters is 2. The summed E-state index contributed by atoms with van der Waals surface area (Å²) < 4.78 is 10.3. The average molecular weight is 572 g/mol. The van der Waals surface area contributed by atoms with Crippen LogP contribution in [0.3, 0.4) is 0 Å². The van der Waals surface area contributed by atoms with Gasteiger partial charge >= 0.3 is 11.9 Å². The first-order valence-corrected chi connectivity index (χ1v) is 14.2. The second-order valence-electron chi connectivity index (χ2n) is 9.49. The first-order valence-electron chi connectivity index (χ1n) is 13.3. The van der Waals surface area contributed by atoms with Gasteiger partial charge in [0.15, 0.2) is 5.13 Å². The summed E-state index contributed by atoms with van der Waals surface area (Å²) in [5.74, 6) is -1.32. The number of hydrogen-bond donors (Lipinski definition) is 1. The van der Waals surface area contributed by atoms with Gasteiger partial charge in [-0.2, -0.15) is 0 Å². The molecule has 0 amide bonds. The van der Waals surface area contributed by atoms with Crippen molar-refractivity contribution in [2.45, 2.75) is 38.8 Å². The minimum absolute atomic E-state index is 0.132. The van der Waals surface area contributed by atoms with Crippen molar-refractivity contribution in [3.8, 4) is 0 Å². The Morgan fingerprint density at radius 3 is 1.76 bits per heavy atom. The van der Waals surface area contributed by atoms with E-state index in [4.69, 9.17) is 19.3 Å². The van der Waals surface area contributed by atoms with Crippen LogP contribution in [0, 0.1) is 0 Å². The number of carbonyl (C=O) groups excluding carboxylic acids is 2. The van der Waals surface area contributed by atoms with Gasteiger partial charge in [-0.15, -0.1) is 11.3 Å². The van der Waals surface area contributed by atoms with Crippen LogP contribution in [0.15, 0.2) is 102 Å². The summed E-state index contributed by atoms with van der Waals surface area (Å²) in [6, 6.07) is 30.3. The smallest absolute Gasteiger partial charge is 0.362 e. The molecule has 212 valence electrons. The van der Waals surface area contributed by atoms with Crippen molar-refractivity contribution in [3.05, 3.63) is 119 Å². The van der Waals surface area contributed by atoms with Crippen molar-refractivity contribution in [1.82, 2.24) is 4.98 Å². The Morgan fingerprint density at radius 1 is 0.805 bits per heavy atom. The molecule has 41 heavy (non-hydrogen) atoms. The summed E-state index contributed by atoms with van der Waals surface area (Å²) in [7, 11) is 0. The maximum atomic E-state index is 12.9. The molecular weight excluding hydrogens is 538 g/mol. The minimum atomic E-state index is -1.42. The maximum absolute atomic E-state index is 12.9. The van der Waals surface area contributed by atoms with Crippen LogP contribution in [0.25, 0.3) is 0 Å². The van der Waals surface area contributed by atoms with Crippen LogP contribution in [0.2, 0.25) is 0 Å². The number of oxime groups is 1. The molecule has 0 aliphatic heterocycles. The zero-order valence-corrected chi connectivity index (χ0v) is 24.3. The van der Waals surface area contributed by atoms with Crippen molar-refractivity contribution in [1.29, 1.82) is 0 Å². The molecule has 0 saturated heterocycles. The second-order valence-corrected chi connectivity index (χ2v) is 10.4. The van der Waals surface area contributed by atoms with Gasteiger partial charge in [0, 0.05) is 5.38 Å². The van der Waals surface area contributed by atoms with Crippen LogP contribution in [-0.4, -0.2) is 41.4 Å². The van der Waals surface area contributed by atoms with Gasteiger partial charge in [-0.05, 0) is 44.4 Å². The first kappa shape index (κ1) is 29.5. The molecule has 1 aromatic heterocycles. The summed E-state index contributed by atoms with van der Waals surface area (Å²) in [5, 5.41) is 9.95. The number of rotatable bonds is 12. The third-order valence-corrected chi connectivity index (χ3v) is 7.02. The maximum Gasteiger partial charge on any atom is 0.362 e. The molecular formula is C32H33N3O5S. The summed E-state index contributed by atoms with van der Waals surface area (Å²) >= 11 is 1.31. The fraction of sp³-hybridized carbons (Fsp3) is 0.250. The van der Waals surface area contributed by atoms with E-state index in [1.807, 2.05) is 54.6 Å². The number of ether oxygens (including phenoxy) is 2. The van der Waals surface area contributed by atoms with E-state index in [-0.39, 0.29) is 24.6 Å². The second kappa shape index (κ2) is 13.2. The fourth-order valence-electron chi connectivity index (χ4n) is 4.27. The summed E-state index contributed by atoms with van der Waals surface area (Å²) in [6.07, 6.45) is 0. The number of hydrogen-bond acceptors (Lipinski definition) is 9. The molecule has 4 rings (SSSR count). The van der Waals surface area contributed by atoms with Crippen molar-refractivity contribution in [2.75, 3.05) is 18.5 Å². The Bertz CT molecular complexity index is 1370. The topological polar surface area (TPSA) is 99.1 Å². The molecule has 0 aliphatic rings. The molecule has 0 bridgehead atoms. The van der Waals surface area contributed by atoms with Gasteiger partial charge < -0.3 is 19.6 Å². The van der Waals surface area contributed by atoms with Crippen LogP contribution >= 0.6 is 11.3 Å². The van der Waals surface area contributed by atoms with E-state index in [1.54, 1.807) is 19.2 Å². The number of benzene rings is 3. The molecule has 0 fully saturated rings. The van der Waals surface area contributed by atoms with E-state index >= 15 is 0 Å². The van der Waals surface area contributed by atoms with Gasteiger partial charge in [-0.3, -0.25) is 0 Å². The Labute approximate surface area is 244 Å². The molecule has 0 saturated carbocycles. The number of carbonyl (C=O) groups is 2. The summed E-state index contributed by atoms with van der Waals surface area (Å²) in [6.45, 7) is 6.74. The fourth-order valence-corrected chi connectivity index (χ4v) is 5.02. The molecule has 0 atom stereocenters. The molecule has 1 N–H and O–H groups in total. The van der Waals surface area contributed by atoms with Gasteiger partial charge in [0.05, 0.1) is 13.2 Å². The van der Waals surface area contributed by atoms with E-state index in [0.29, 0.717) is 5.13 Å². The normalized spacial score (nSPS) is 12.0. The molecule has 0 aliphatic carbocycles. The lowest BCUT2D eigenvalue weighted by Gasteiger charge is -2.36. The number of thiazole rings is 1. The van der Waals surface area contributed by atoms with E-state index < -0.39 is 23.1 Å². The highest BCUT2D eigenvalue weighted by Gasteiger charge is 2.38. The van der Waals surface area contributed by atoms with Crippen LogP contribution in [-0.2, 0) is 29.4 Å². The number of anilines is 1. The van der Waals surface area contributed by atoms with Gasteiger partial charge in [-0.25, -0.2) is 14.6 Å². The monoisotopic (exact) mass is 571 g/mol. The van der Waals surface area contributed by atoms with Crippen LogP contribution < -0.4 is 5.32 Å². The van der Waals surface area contributed by atoms with Crippen LogP contribution in [0.1, 0.15) is 50.1 Å². The van der Waals surface area contributed by atoms with Crippen molar-refractivity contribution >= 4 is 34.1 Å². The Balaban J connectivity index is 1.79. The van der Waals surface area contributed by atoms with Gasteiger partial charge in [-0.1, -0.05) is 96.2 Å². The largest absolute Gasteiger partial charge is 0.463 e. The lowest BCUT2D eigenvalue weighted by molar-refractivity contribution is -0.167. The van der Waals surface area contributed by atoms with Crippen molar-refractivity contribution in [3.63, 3.8) is 0 Å². The van der Waals surface area contributed by atoms with Gasteiger partial charge in [0.1, 0.15) is 11.2 Å². The highest BCUT2D eigenvalue weighted by atomic mass is 32.1.